The number of benzene rings is 3. The van der Waals surface area contributed by atoms with Crippen molar-refractivity contribution in [2.75, 3.05) is 0 Å². The summed E-state index contributed by atoms with van der Waals surface area (Å²) in [5, 5.41) is 36.4. The van der Waals surface area contributed by atoms with Gasteiger partial charge in [-0.1, -0.05) is 112 Å². The molecule has 0 radical (unpaired) electrons. The quantitative estimate of drug-likeness (QED) is 0.112. The van der Waals surface area contributed by atoms with Crippen LogP contribution in [0.15, 0.2) is 91.0 Å². The summed E-state index contributed by atoms with van der Waals surface area (Å²) in [6.45, 7) is 21.1. The number of alkyl carbamates (subject to hydrolysis) is 3. The first-order valence-corrected chi connectivity index (χ1v) is 20.9. The monoisotopic (exact) mass is 873 g/mol. The van der Waals surface area contributed by atoms with Crippen LogP contribution in [0.3, 0.4) is 0 Å². The van der Waals surface area contributed by atoms with E-state index in [0.717, 1.165) is 16.7 Å². The lowest BCUT2D eigenvalue weighted by Crippen LogP contribution is -2.47. The molecule has 3 amide bonds. The fourth-order valence-electron chi connectivity index (χ4n) is 8.45. The van der Waals surface area contributed by atoms with Crippen LogP contribution in [0, 0.1) is 17.8 Å². The lowest BCUT2D eigenvalue weighted by molar-refractivity contribution is -0.142. The van der Waals surface area contributed by atoms with Crippen LogP contribution >= 0.6 is 0 Å². The molecule has 342 valence electrons. The lowest BCUT2D eigenvalue weighted by Gasteiger charge is -2.22. The van der Waals surface area contributed by atoms with E-state index in [1.807, 2.05) is 112 Å². The van der Waals surface area contributed by atoms with Gasteiger partial charge < -0.3 is 45.5 Å². The lowest BCUT2D eigenvalue weighted by atomic mass is 10.1. The highest BCUT2D eigenvalue weighted by Crippen LogP contribution is 2.59. The fraction of sp³-hybridized carbons (Fsp3) is 0.500. The van der Waals surface area contributed by atoms with Crippen molar-refractivity contribution >= 4 is 36.2 Å². The van der Waals surface area contributed by atoms with Gasteiger partial charge >= 0.3 is 36.2 Å². The van der Waals surface area contributed by atoms with E-state index in [1.165, 1.54) is 0 Å². The molecule has 3 saturated carbocycles. The molecule has 63 heavy (non-hydrogen) atoms. The van der Waals surface area contributed by atoms with Gasteiger partial charge in [-0.15, -0.1) is 0 Å². The average Bonchev–Trinajstić information content (AvgIpc) is 4.08. The summed E-state index contributed by atoms with van der Waals surface area (Å²) < 4.78 is 15.5. The summed E-state index contributed by atoms with van der Waals surface area (Å²) in [4.78, 5) is 71.0. The zero-order valence-corrected chi connectivity index (χ0v) is 38.1. The first-order chi connectivity index (χ1) is 29.0. The smallest absolute Gasteiger partial charge is 0.408 e. The number of carboxylic acids is 3. The molecule has 0 aliphatic heterocycles. The van der Waals surface area contributed by atoms with Crippen molar-refractivity contribution in [1.82, 2.24) is 16.0 Å². The molecule has 6 rings (SSSR count). The van der Waals surface area contributed by atoms with Gasteiger partial charge in [0.15, 0.2) is 16.6 Å². The van der Waals surface area contributed by atoms with Crippen molar-refractivity contribution in [1.29, 1.82) is 0 Å². The molecule has 0 spiro atoms. The maximum absolute atomic E-state index is 11.9. The summed E-state index contributed by atoms with van der Waals surface area (Å²) in [6.07, 6.45) is -2.10. The van der Waals surface area contributed by atoms with Gasteiger partial charge in [0.05, 0.1) is 0 Å². The van der Waals surface area contributed by atoms with E-state index in [4.69, 9.17) is 14.2 Å². The predicted octanol–water partition coefficient (Wildman–Crippen LogP) is 8.30. The van der Waals surface area contributed by atoms with Crippen LogP contribution in [0.4, 0.5) is 14.4 Å². The third-order valence-electron chi connectivity index (χ3n) is 11.5. The van der Waals surface area contributed by atoms with Gasteiger partial charge in [-0.3, -0.25) is 0 Å². The number of carbonyl (C=O) groups excluding carboxylic acids is 3. The molecule has 15 heteroatoms. The summed E-state index contributed by atoms with van der Waals surface area (Å²) in [6, 6.07) is 28.1. The molecule has 3 aromatic carbocycles. The highest BCUT2D eigenvalue weighted by atomic mass is 16.6. The predicted molar refractivity (Wildman–Crippen MR) is 234 cm³/mol. The third kappa shape index (κ3) is 11.3. The van der Waals surface area contributed by atoms with Crippen LogP contribution in [-0.2, 0) is 28.6 Å². The van der Waals surface area contributed by atoms with Gasteiger partial charge in [0.1, 0.15) is 16.8 Å². The Balaban J connectivity index is 0.000000207. The molecule has 6 N–H and O–H groups in total. The standard InChI is InChI=1S/3C16H21NO4/c3*1-10-12(11-8-6-5-7-9-11)16(10,13(18)19)17-14(20)21-15(2,3)4/h3*5-10,12H,1-4H3,(H,17,20)(H,18,19)/t2*10-,12?,16-;/m00./s1. The minimum atomic E-state index is -1.29. The molecular formula is C48H63N3O12. The molecule has 0 aromatic heterocycles. The van der Waals surface area contributed by atoms with Gasteiger partial charge in [0, 0.05) is 35.5 Å². The largest absolute Gasteiger partial charge is 0.479 e. The Hall–Kier alpha value is -6.12. The normalized spacial score (nSPS) is 27.8. The van der Waals surface area contributed by atoms with Gasteiger partial charge in [0.2, 0.25) is 0 Å². The van der Waals surface area contributed by atoms with Crippen LogP contribution in [0.2, 0.25) is 0 Å². The molecule has 3 fully saturated rings. The zero-order chi connectivity index (χ0) is 47.5. The van der Waals surface area contributed by atoms with E-state index in [2.05, 4.69) is 16.0 Å². The number of carbonyl (C=O) groups is 6. The van der Waals surface area contributed by atoms with Gasteiger partial charge in [-0.25, -0.2) is 28.8 Å². The molecule has 0 bridgehead atoms. The highest BCUT2D eigenvalue weighted by Gasteiger charge is 2.71. The zero-order valence-electron chi connectivity index (χ0n) is 38.1. The highest BCUT2D eigenvalue weighted by molar-refractivity contribution is 5.92. The average molecular weight is 874 g/mol. The Bertz CT molecular complexity index is 1890. The Morgan fingerprint density at radius 2 is 0.603 bits per heavy atom. The molecule has 3 aromatic rings. The Labute approximate surface area is 369 Å². The summed E-state index contributed by atoms with van der Waals surface area (Å²) in [5.74, 6) is -4.41. The molecule has 9 atom stereocenters. The maximum Gasteiger partial charge on any atom is 0.408 e. The first kappa shape index (κ1) is 49.5. The summed E-state index contributed by atoms with van der Waals surface area (Å²) in [7, 11) is 0. The number of amides is 3. The minimum absolute atomic E-state index is 0.190. The van der Waals surface area contributed by atoms with Crippen LogP contribution in [0.5, 0.6) is 0 Å². The second kappa shape index (κ2) is 18.3. The van der Waals surface area contributed by atoms with Crippen LogP contribution in [0.1, 0.15) is 118 Å². The number of carboxylic acid groups (broad SMARTS) is 3. The molecule has 5 unspecified atom stereocenters. The second-order valence-corrected chi connectivity index (χ2v) is 19.4. The minimum Gasteiger partial charge on any atom is -0.479 e. The molecule has 0 saturated heterocycles. The Morgan fingerprint density at radius 1 is 0.413 bits per heavy atom. The van der Waals surface area contributed by atoms with Crippen molar-refractivity contribution in [2.45, 2.75) is 134 Å². The van der Waals surface area contributed by atoms with Gasteiger partial charge in [-0.2, -0.15) is 0 Å². The second-order valence-electron chi connectivity index (χ2n) is 19.4. The number of nitrogens with one attached hydrogen (secondary N) is 3. The molecule has 15 nitrogen and oxygen atoms in total. The van der Waals surface area contributed by atoms with Crippen LogP contribution in [0.25, 0.3) is 0 Å². The molecule has 0 heterocycles. The van der Waals surface area contributed by atoms with Gasteiger partial charge in [-0.05, 0) is 79.0 Å². The van der Waals surface area contributed by atoms with Crippen molar-refractivity contribution < 1.29 is 58.3 Å². The van der Waals surface area contributed by atoms with Gasteiger partial charge in [0.25, 0.3) is 0 Å². The number of hydrogen-bond acceptors (Lipinski definition) is 9. The molecule has 3 aliphatic rings. The summed E-state index contributed by atoms with van der Waals surface area (Å²) in [5.41, 5.74) is -3.13. The Morgan fingerprint density at radius 3 is 0.762 bits per heavy atom. The van der Waals surface area contributed by atoms with Crippen molar-refractivity contribution in [3.63, 3.8) is 0 Å². The topological polar surface area (TPSA) is 227 Å². The van der Waals surface area contributed by atoms with Crippen molar-refractivity contribution in [3.05, 3.63) is 108 Å². The van der Waals surface area contributed by atoms with E-state index in [1.54, 1.807) is 62.3 Å². The van der Waals surface area contributed by atoms with Crippen LogP contribution < -0.4 is 16.0 Å². The van der Waals surface area contributed by atoms with E-state index in [0.29, 0.717) is 0 Å². The first-order valence-electron chi connectivity index (χ1n) is 20.9. The Kier molecular flexibility index (Phi) is 14.4. The number of aliphatic carboxylic acids is 3. The van der Waals surface area contributed by atoms with E-state index in [9.17, 15) is 44.1 Å². The van der Waals surface area contributed by atoms with E-state index in [-0.39, 0.29) is 35.5 Å². The molecular weight excluding hydrogens is 811 g/mol. The van der Waals surface area contributed by atoms with E-state index < -0.39 is 69.6 Å². The molecule has 3 aliphatic carbocycles. The van der Waals surface area contributed by atoms with Crippen molar-refractivity contribution in [3.8, 4) is 0 Å². The summed E-state index contributed by atoms with van der Waals surface area (Å²) >= 11 is 0. The number of hydrogen-bond donors (Lipinski definition) is 6. The van der Waals surface area contributed by atoms with E-state index >= 15 is 0 Å². The fourth-order valence-corrected chi connectivity index (χ4v) is 8.45. The third-order valence-corrected chi connectivity index (χ3v) is 11.5. The number of ether oxygens (including phenoxy) is 3. The number of rotatable bonds is 9. The maximum atomic E-state index is 11.9. The van der Waals surface area contributed by atoms with Crippen molar-refractivity contribution in [2.24, 2.45) is 17.8 Å². The van der Waals surface area contributed by atoms with Crippen LogP contribution in [-0.4, -0.2) is 84.9 Å². The SMILES string of the molecule is CC1C(c2ccccc2)C1(NC(=O)OC(C)(C)C)C(=O)O.C[C@H]1C(c2ccccc2)[C@]1(NC(=O)OC(C)(C)C)C(=O)O.C[C@H]1C(c2ccccc2)[C@]1(NC(=O)OC(C)(C)C)C(=O)O.